The van der Waals surface area contributed by atoms with Crippen LogP contribution in [0, 0.1) is 0 Å². The van der Waals surface area contributed by atoms with Crippen molar-refractivity contribution in [2.24, 2.45) is 0 Å². The average Bonchev–Trinajstić information content (AvgIpc) is 3.04. The lowest BCUT2D eigenvalue weighted by atomic mass is 10.00. The van der Waals surface area contributed by atoms with Crippen LogP contribution in [0.3, 0.4) is 0 Å². The molecule has 0 fully saturated rings. The minimum absolute atomic E-state index is 0.368. The van der Waals surface area contributed by atoms with E-state index in [1.165, 1.54) is 135 Å². The Morgan fingerprint density at radius 2 is 0.889 bits per heavy atom. The predicted molar refractivity (Wildman–Crippen MR) is 191 cm³/mol. The van der Waals surface area contributed by atoms with E-state index in [2.05, 4.69) is 31.3 Å². The first-order chi connectivity index (χ1) is 22.0. The fraction of sp³-hybridized carbons (Fsp3) is 0.923. The van der Waals surface area contributed by atoms with E-state index in [-0.39, 0.29) is 0 Å². The molecule has 268 valence electrons. The molecule has 1 amide bonds. The van der Waals surface area contributed by atoms with Gasteiger partial charge in [-0.2, -0.15) is 0 Å². The Morgan fingerprint density at radius 1 is 0.533 bits per heavy atom. The van der Waals surface area contributed by atoms with Crippen molar-refractivity contribution in [1.82, 2.24) is 5.32 Å². The Morgan fingerprint density at radius 3 is 1.31 bits per heavy atom. The Balaban J connectivity index is 3.52. The third kappa shape index (κ3) is 29.0. The van der Waals surface area contributed by atoms with Gasteiger partial charge in [0.15, 0.2) is 0 Å². The predicted octanol–water partition coefficient (Wildman–Crippen LogP) is 9.46. The van der Waals surface area contributed by atoms with E-state index in [4.69, 9.17) is 0 Å². The summed E-state index contributed by atoms with van der Waals surface area (Å²) in [5.74, 6) is -0.594. The molecule has 0 bridgehead atoms. The van der Waals surface area contributed by atoms with Gasteiger partial charge in [-0.1, -0.05) is 174 Å². The number of carbonyl (C=O) groups is 1. The highest BCUT2D eigenvalue weighted by Gasteiger charge is 2.28. The monoisotopic (exact) mass is 640 g/mol. The van der Waals surface area contributed by atoms with Crippen LogP contribution in [-0.4, -0.2) is 57.3 Å². The number of nitrogens with one attached hydrogen (secondary N) is 1. The lowest BCUT2D eigenvalue weighted by Gasteiger charge is -2.27. The maximum absolute atomic E-state index is 12.3. The van der Waals surface area contributed by atoms with Gasteiger partial charge in [-0.15, -0.1) is 0 Å². The summed E-state index contributed by atoms with van der Waals surface area (Å²) in [7, 11) is 0. The first-order valence-electron chi connectivity index (χ1n) is 19.6. The van der Waals surface area contributed by atoms with Crippen molar-refractivity contribution in [3.05, 3.63) is 12.2 Å². The van der Waals surface area contributed by atoms with E-state index in [0.29, 0.717) is 12.8 Å². The minimum Gasteiger partial charge on any atom is -0.394 e. The van der Waals surface area contributed by atoms with E-state index in [0.717, 1.165) is 38.5 Å². The Kier molecular flexibility index (Phi) is 33.7. The smallest absolute Gasteiger partial charge is 0.249 e. The molecule has 4 unspecified atom stereocenters. The molecule has 0 aromatic carbocycles. The van der Waals surface area contributed by atoms with Crippen LogP contribution < -0.4 is 5.32 Å². The maximum atomic E-state index is 12.3. The largest absolute Gasteiger partial charge is 0.394 e. The number of unbranched alkanes of at least 4 members (excludes halogenated alkanes) is 24. The summed E-state index contributed by atoms with van der Waals surface area (Å²) in [4.78, 5) is 12.3. The van der Waals surface area contributed by atoms with Crippen molar-refractivity contribution >= 4 is 5.91 Å². The lowest BCUT2D eigenvalue weighted by molar-refractivity contribution is -0.132. The van der Waals surface area contributed by atoms with Crippen LogP contribution >= 0.6 is 0 Å². The molecule has 4 atom stereocenters. The molecular weight excluding hydrogens is 562 g/mol. The number of hydrogen-bond donors (Lipinski definition) is 5. The number of hydrogen-bond acceptors (Lipinski definition) is 5. The lowest BCUT2D eigenvalue weighted by Crippen LogP contribution is -2.53. The average molecular weight is 640 g/mol. The first-order valence-corrected chi connectivity index (χ1v) is 19.6. The van der Waals surface area contributed by atoms with E-state index >= 15 is 0 Å². The standard InChI is InChI=1S/C39H77NO5/c1-3-5-7-8-9-10-11-12-13-14-15-16-17-18-19-20-21-22-23-24-25-26-27-28-29-31-33-37(43)39(45)40-35(34-41)38(44)36(42)32-30-6-4-2/h18-19,35-38,41-44H,3-17,20-34H2,1-2H3,(H,40,45)/b19-18-. The summed E-state index contributed by atoms with van der Waals surface area (Å²) in [6.45, 7) is 3.86. The third-order valence-electron chi connectivity index (χ3n) is 9.23. The zero-order valence-corrected chi connectivity index (χ0v) is 29.9. The van der Waals surface area contributed by atoms with Gasteiger partial charge in [-0.25, -0.2) is 0 Å². The molecule has 0 radical (unpaired) electrons. The first kappa shape index (κ1) is 44.0. The van der Waals surface area contributed by atoms with Gasteiger partial charge in [-0.05, 0) is 38.5 Å². The molecule has 0 heterocycles. The molecule has 0 aromatic heterocycles. The van der Waals surface area contributed by atoms with Crippen LogP contribution in [0.1, 0.15) is 200 Å². The number of aliphatic hydroxyl groups is 4. The van der Waals surface area contributed by atoms with Crippen molar-refractivity contribution in [1.29, 1.82) is 0 Å². The summed E-state index contributed by atoms with van der Waals surface area (Å²) in [5.41, 5.74) is 0. The number of aliphatic hydroxyl groups excluding tert-OH is 4. The molecule has 0 saturated carbocycles. The summed E-state index contributed by atoms with van der Waals surface area (Å²) in [6, 6.07) is -0.978. The van der Waals surface area contributed by atoms with Crippen molar-refractivity contribution < 1.29 is 25.2 Å². The molecule has 0 rings (SSSR count). The van der Waals surface area contributed by atoms with Gasteiger partial charge in [0.2, 0.25) is 5.91 Å². The molecule has 5 N–H and O–H groups in total. The van der Waals surface area contributed by atoms with Gasteiger partial charge >= 0.3 is 0 Å². The summed E-state index contributed by atoms with van der Waals surface area (Å²) in [6.07, 6.45) is 36.2. The molecule has 0 aliphatic heterocycles. The fourth-order valence-electron chi connectivity index (χ4n) is 6.04. The van der Waals surface area contributed by atoms with Crippen LogP contribution in [0.15, 0.2) is 12.2 Å². The molecule has 0 aliphatic rings. The van der Waals surface area contributed by atoms with Crippen LogP contribution in [0.25, 0.3) is 0 Å². The van der Waals surface area contributed by atoms with Gasteiger partial charge < -0.3 is 25.7 Å². The van der Waals surface area contributed by atoms with Gasteiger partial charge in [0, 0.05) is 0 Å². The molecule has 0 spiro atoms. The van der Waals surface area contributed by atoms with Gasteiger partial charge in [0.05, 0.1) is 18.8 Å². The second kappa shape index (κ2) is 34.4. The normalized spacial score (nSPS) is 14.5. The zero-order valence-electron chi connectivity index (χ0n) is 29.9. The fourth-order valence-corrected chi connectivity index (χ4v) is 6.04. The highest BCUT2D eigenvalue weighted by molar-refractivity contribution is 5.80. The second-order valence-electron chi connectivity index (χ2n) is 13.6. The Bertz CT molecular complexity index is 643. The highest BCUT2D eigenvalue weighted by Crippen LogP contribution is 2.15. The van der Waals surface area contributed by atoms with E-state index in [1.807, 2.05) is 0 Å². The second-order valence-corrected chi connectivity index (χ2v) is 13.6. The molecule has 45 heavy (non-hydrogen) atoms. The molecule has 0 aromatic rings. The molecule has 0 aliphatic carbocycles. The van der Waals surface area contributed by atoms with Crippen molar-refractivity contribution in [2.75, 3.05) is 6.61 Å². The number of allylic oxidation sites excluding steroid dienone is 2. The number of rotatable bonds is 35. The maximum Gasteiger partial charge on any atom is 0.249 e. The zero-order chi connectivity index (χ0) is 33.2. The summed E-state index contributed by atoms with van der Waals surface area (Å²) < 4.78 is 0. The number of carbonyl (C=O) groups excluding carboxylic acids is 1. The minimum atomic E-state index is -1.25. The summed E-state index contributed by atoms with van der Waals surface area (Å²) >= 11 is 0. The van der Waals surface area contributed by atoms with Gasteiger partial charge in [-0.3, -0.25) is 4.79 Å². The van der Waals surface area contributed by atoms with Crippen LogP contribution in [-0.2, 0) is 4.79 Å². The van der Waals surface area contributed by atoms with Crippen molar-refractivity contribution in [2.45, 2.75) is 224 Å². The van der Waals surface area contributed by atoms with E-state index in [9.17, 15) is 25.2 Å². The SMILES string of the molecule is CCCCCCCCCCCCCC/C=C\CCCCCCCCCCCCC(O)C(=O)NC(CO)C(O)C(O)CCCCC. The Hall–Kier alpha value is -0.950. The van der Waals surface area contributed by atoms with Crippen LogP contribution in [0.4, 0.5) is 0 Å². The molecule has 0 saturated heterocycles. The quantitative estimate of drug-likeness (QED) is 0.0350. The molecular formula is C39H77NO5. The van der Waals surface area contributed by atoms with Crippen molar-refractivity contribution in [3.8, 4) is 0 Å². The molecule has 6 nitrogen and oxygen atoms in total. The van der Waals surface area contributed by atoms with Crippen molar-refractivity contribution in [3.63, 3.8) is 0 Å². The highest BCUT2D eigenvalue weighted by atomic mass is 16.3. The summed E-state index contributed by atoms with van der Waals surface area (Å²) in [5, 5.41) is 42.7. The topological polar surface area (TPSA) is 110 Å². The van der Waals surface area contributed by atoms with Gasteiger partial charge in [0.25, 0.3) is 0 Å². The number of amides is 1. The van der Waals surface area contributed by atoms with E-state index < -0.39 is 36.9 Å². The van der Waals surface area contributed by atoms with Crippen LogP contribution in [0.5, 0.6) is 0 Å². The Labute approximate surface area is 279 Å². The third-order valence-corrected chi connectivity index (χ3v) is 9.23. The van der Waals surface area contributed by atoms with Gasteiger partial charge in [0.1, 0.15) is 12.2 Å². The van der Waals surface area contributed by atoms with E-state index in [1.54, 1.807) is 0 Å². The molecule has 6 heteroatoms. The van der Waals surface area contributed by atoms with Crippen LogP contribution in [0.2, 0.25) is 0 Å².